The summed E-state index contributed by atoms with van der Waals surface area (Å²) in [7, 11) is -1.40. The van der Waals surface area contributed by atoms with E-state index < -0.39 is 28.6 Å². The van der Waals surface area contributed by atoms with Crippen LogP contribution in [0.25, 0.3) is 0 Å². The summed E-state index contributed by atoms with van der Waals surface area (Å²) < 4.78 is 36.6. The Morgan fingerprint density at radius 3 is 2.05 bits per heavy atom. The molecule has 0 saturated heterocycles. The molecule has 1 N–H and O–H groups in total. The van der Waals surface area contributed by atoms with Crippen LogP contribution in [0, 0.1) is 0 Å². The third-order valence-electron chi connectivity index (χ3n) is 2.82. The molecular weight excluding hydrogens is 298 g/mol. The number of methoxy groups -OCH3 is 2. The monoisotopic (exact) mass is 317 g/mol. The van der Waals surface area contributed by atoms with Gasteiger partial charge in [-0.3, -0.25) is 4.79 Å². The fourth-order valence-corrected chi connectivity index (χ4v) is 3.75. The van der Waals surface area contributed by atoms with Crippen molar-refractivity contribution in [3.05, 3.63) is 18.2 Å². The maximum atomic E-state index is 12.8. The van der Waals surface area contributed by atoms with Crippen LogP contribution >= 0.6 is 0 Å². The highest BCUT2D eigenvalue weighted by molar-refractivity contribution is 7.89. The number of benzene rings is 1. The maximum Gasteiger partial charge on any atom is 0.318 e. The summed E-state index contributed by atoms with van der Waals surface area (Å²) in [6.45, 7) is 2.56. The van der Waals surface area contributed by atoms with Crippen LogP contribution in [0.5, 0.6) is 11.5 Å². The second-order valence-electron chi connectivity index (χ2n) is 4.53. The van der Waals surface area contributed by atoms with Crippen molar-refractivity contribution in [3.8, 4) is 11.5 Å². The van der Waals surface area contributed by atoms with Gasteiger partial charge in [-0.05, 0) is 26.0 Å². The molecule has 0 unspecified atom stereocenters. The summed E-state index contributed by atoms with van der Waals surface area (Å²) in [4.78, 5) is 10.8. The Balaban J connectivity index is 3.51. The minimum Gasteiger partial charge on any atom is -0.495 e. The smallest absolute Gasteiger partial charge is 0.318 e. The first-order chi connectivity index (χ1) is 9.75. The lowest BCUT2D eigenvalue weighted by Crippen LogP contribution is -2.40. The van der Waals surface area contributed by atoms with Crippen LogP contribution < -0.4 is 9.47 Å². The number of sulfonamides is 1. The summed E-state index contributed by atoms with van der Waals surface area (Å²) in [5, 5.41) is 8.93. The molecule has 0 amide bonds. The zero-order valence-electron chi connectivity index (χ0n) is 12.4. The highest BCUT2D eigenvalue weighted by Gasteiger charge is 2.34. The van der Waals surface area contributed by atoms with Crippen molar-refractivity contribution in [1.29, 1.82) is 0 Å². The van der Waals surface area contributed by atoms with Gasteiger partial charge in [0.15, 0.2) is 4.90 Å². The number of carbonyl (C=O) groups is 1. The normalized spacial score (nSPS) is 11.7. The average molecular weight is 317 g/mol. The molecular formula is C13H19NO6S. The first kappa shape index (κ1) is 17.3. The number of carboxylic acid groups (broad SMARTS) is 1. The second kappa shape index (κ2) is 6.77. The van der Waals surface area contributed by atoms with Crippen LogP contribution in [0.15, 0.2) is 23.1 Å². The van der Waals surface area contributed by atoms with Crippen LogP contribution in [0.3, 0.4) is 0 Å². The lowest BCUT2D eigenvalue weighted by molar-refractivity contribution is -0.137. The van der Waals surface area contributed by atoms with Gasteiger partial charge in [0.25, 0.3) is 10.0 Å². The summed E-state index contributed by atoms with van der Waals surface area (Å²) in [5.74, 6) is -1.03. The molecule has 7 nitrogen and oxygen atoms in total. The number of aliphatic carboxylic acids is 1. The van der Waals surface area contributed by atoms with Crippen molar-refractivity contribution in [2.45, 2.75) is 24.8 Å². The number of hydrogen-bond donors (Lipinski definition) is 1. The molecule has 118 valence electrons. The molecule has 1 aromatic rings. The SMILES string of the molecule is COc1cccc(OC)c1S(=O)(=O)N(CC(=O)O)C(C)C. The van der Waals surface area contributed by atoms with Gasteiger partial charge in [-0.1, -0.05) is 6.07 Å². The zero-order chi connectivity index (χ0) is 16.2. The third kappa shape index (κ3) is 3.64. The summed E-state index contributed by atoms with van der Waals surface area (Å²) in [6.07, 6.45) is 0. The predicted molar refractivity (Wildman–Crippen MR) is 76.2 cm³/mol. The fraction of sp³-hybridized carbons (Fsp3) is 0.462. The lowest BCUT2D eigenvalue weighted by atomic mass is 10.3. The molecule has 8 heteroatoms. The van der Waals surface area contributed by atoms with Gasteiger partial charge in [0.05, 0.1) is 14.2 Å². The van der Waals surface area contributed by atoms with Crippen LogP contribution in [0.1, 0.15) is 13.8 Å². The van der Waals surface area contributed by atoms with E-state index in [4.69, 9.17) is 14.6 Å². The minimum atomic E-state index is -4.08. The van der Waals surface area contributed by atoms with E-state index in [1.807, 2.05) is 0 Å². The fourth-order valence-electron chi connectivity index (χ4n) is 1.87. The molecule has 0 heterocycles. The molecule has 0 aromatic heterocycles. The Labute approximate surface area is 124 Å². The lowest BCUT2D eigenvalue weighted by Gasteiger charge is -2.25. The Bertz CT molecular complexity index is 589. The van der Waals surface area contributed by atoms with Crippen molar-refractivity contribution < 1.29 is 27.8 Å². The largest absolute Gasteiger partial charge is 0.495 e. The molecule has 0 saturated carbocycles. The van der Waals surface area contributed by atoms with Crippen LogP contribution in [-0.2, 0) is 14.8 Å². The van der Waals surface area contributed by atoms with Crippen molar-refractivity contribution in [2.24, 2.45) is 0 Å². The van der Waals surface area contributed by atoms with E-state index in [9.17, 15) is 13.2 Å². The van der Waals surface area contributed by atoms with Gasteiger partial charge >= 0.3 is 5.97 Å². The summed E-state index contributed by atoms with van der Waals surface area (Å²) in [5.41, 5.74) is 0. The Morgan fingerprint density at radius 1 is 1.24 bits per heavy atom. The molecule has 0 radical (unpaired) electrons. The molecule has 0 bridgehead atoms. The maximum absolute atomic E-state index is 12.8. The molecule has 1 rings (SSSR count). The molecule has 21 heavy (non-hydrogen) atoms. The van der Waals surface area contributed by atoms with Crippen LogP contribution in [-0.4, -0.2) is 50.6 Å². The van der Waals surface area contributed by atoms with Gasteiger partial charge in [-0.15, -0.1) is 0 Å². The Kier molecular flexibility index (Phi) is 5.56. The minimum absolute atomic E-state index is 0.102. The standard InChI is InChI=1S/C13H19NO6S/c1-9(2)14(8-12(15)16)21(17,18)13-10(19-3)6-5-7-11(13)20-4/h5-7,9H,8H2,1-4H3,(H,15,16). The highest BCUT2D eigenvalue weighted by Crippen LogP contribution is 2.35. The molecule has 1 aromatic carbocycles. The van der Waals surface area contributed by atoms with E-state index in [-0.39, 0.29) is 16.4 Å². The zero-order valence-corrected chi connectivity index (χ0v) is 13.2. The quantitative estimate of drug-likeness (QED) is 0.812. The molecule has 0 spiro atoms. The van der Waals surface area contributed by atoms with Gasteiger partial charge in [-0.25, -0.2) is 8.42 Å². The van der Waals surface area contributed by atoms with Crippen molar-refractivity contribution in [2.75, 3.05) is 20.8 Å². The number of hydrogen-bond acceptors (Lipinski definition) is 5. The van der Waals surface area contributed by atoms with Gasteiger partial charge in [0.2, 0.25) is 0 Å². The van der Waals surface area contributed by atoms with E-state index in [1.54, 1.807) is 19.9 Å². The van der Waals surface area contributed by atoms with Gasteiger partial charge in [0.1, 0.15) is 18.0 Å². The number of nitrogens with zero attached hydrogens (tertiary/aromatic N) is 1. The van der Waals surface area contributed by atoms with E-state index in [0.717, 1.165) is 4.31 Å². The number of rotatable bonds is 7. The van der Waals surface area contributed by atoms with E-state index in [0.29, 0.717) is 0 Å². The van der Waals surface area contributed by atoms with Crippen LogP contribution in [0.2, 0.25) is 0 Å². The van der Waals surface area contributed by atoms with Crippen LogP contribution in [0.4, 0.5) is 0 Å². The first-order valence-corrected chi connectivity index (χ1v) is 7.64. The van der Waals surface area contributed by atoms with Gasteiger partial charge in [-0.2, -0.15) is 4.31 Å². The van der Waals surface area contributed by atoms with Crippen molar-refractivity contribution in [3.63, 3.8) is 0 Å². The van der Waals surface area contributed by atoms with Gasteiger partial charge < -0.3 is 14.6 Å². The molecule has 0 aliphatic carbocycles. The average Bonchev–Trinajstić information content (AvgIpc) is 2.42. The van der Waals surface area contributed by atoms with Crippen molar-refractivity contribution >= 4 is 16.0 Å². The van der Waals surface area contributed by atoms with Crippen molar-refractivity contribution in [1.82, 2.24) is 4.31 Å². The highest BCUT2D eigenvalue weighted by atomic mass is 32.2. The van der Waals surface area contributed by atoms with E-state index in [1.165, 1.54) is 26.4 Å². The first-order valence-electron chi connectivity index (χ1n) is 6.20. The molecule has 0 aliphatic rings. The molecule has 0 atom stereocenters. The third-order valence-corrected chi connectivity index (χ3v) is 4.90. The van der Waals surface area contributed by atoms with Gasteiger partial charge in [0, 0.05) is 6.04 Å². The van der Waals surface area contributed by atoms with E-state index >= 15 is 0 Å². The number of carboxylic acids is 1. The Morgan fingerprint density at radius 2 is 1.71 bits per heavy atom. The molecule has 0 fully saturated rings. The number of ether oxygens (including phenoxy) is 2. The second-order valence-corrected chi connectivity index (χ2v) is 6.36. The predicted octanol–water partition coefficient (Wildman–Crippen LogP) is 1.19. The summed E-state index contributed by atoms with van der Waals surface area (Å²) in [6, 6.07) is 4.03. The summed E-state index contributed by atoms with van der Waals surface area (Å²) >= 11 is 0. The Hall–Kier alpha value is -1.80. The molecule has 0 aliphatic heterocycles. The topological polar surface area (TPSA) is 93.1 Å². The van der Waals surface area contributed by atoms with E-state index in [2.05, 4.69) is 0 Å².